The molecule has 0 atom stereocenters. The first-order valence-electron chi connectivity index (χ1n) is 5.04. The summed E-state index contributed by atoms with van der Waals surface area (Å²) in [6, 6.07) is 4.21. The van der Waals surface area contributed by atoms with Crippen LogP contribution in [0.15, 0.2) is 36.8 Å². The summed E-state index contributed by atoms with van der Waals surface area (Å²) in [7, 11) is 1.36. The van der Waals surface area contributed by atoms with Crippen LogP contribution >= 0.6 is 0 Å². The van der Waals surface area contributed by atoms with Gasteiger partial charge in [0.05, 0.1) is 12.7 Å². The lowest BCUT2D eigenvalue weighted by molar-refractivity contribution is -0.137. The van der Waals surface area contributed by atoms with Gasteiger partial charge in [0.15, 0.2) is 0 Å². The number of rotatable bonds is 2. The molecule has 0 N–H and O–H groups in total. The molecule has 18 heavy (non-hydrogen) atoms. The molecule has 3 nitrogen and oxygen atoms in total. The molecule has 0 amide bonds. The van der Waals surface area contributed by atoms with Crippen LogP contribution in [0.5, 0.6) is 5.88 Å². The van der Waals surface area contributed by atoms with E-state index in [1.807, 2.05) is 0 Å². The first-order valence-corrected chi connectivity index (χ1v) is 5.04. The van der Waals surface area contributed by atoms with Crippen LogP contribution in [-0.2, 0) is 6.18 Å². The van der Waals surface area contributed by atoms with Gasteiger partial charge in [-0.25, -0.2) is 4.98 Å². The Morgan fingerprint density at radius 2 is 1.83 bits per heavy atom. The second kappa shape index (κ2) is 4.64. The molecule has 0 unspecified atom stereocenters. The van der Waals surface area contributed by atoms with Gasteiger partial charge in [0.1, 0.15) is 0 Å². The van der Waals surface area contributed by atoms with Gasteiger partial charge in [-0.1, -0.05) is 0 Å². The SMILES string of the molecule is COc1ncc(C(F)(F)F)cc1-c1ccncc1. The van der Waals surface area contributed by atoms with Crippen molar-refractivity contribution < 1.29 is 17.9 Å². The lowest BCUT2D eigenvalue weighted by Crippen LogP contribution is -2.06. The van der Waals surface area contributed by atoms with Crippen LogP contribution in [0.2, 0.25) is 0 Å². The normalized spacial score (nSPS) is 11.3. The maximum atomic E-state index is 12.6. The van der Waals surface area contributed by atoms with E-state index in [2.05, 4.69) is 9.97 Å². The Morgan fingerprint density at radius 3 is 2.39 bits per heavy atom. The lowest BCUT2D eigenvalue weighted by Gasteiger charge is -2.11. The minimum atomic E-state index is -4.43. The van der Waals surface area contributed by atoms with Crippen LogP contribution in [0.3, 0.4) is 0 Å². The maximum Gasteiger partial charge on any atom is 0.417 e. The van der Waals surface area contributed by atoms with Crippen molar-refractivity contribution >= 4 is 0 Å². The highest BCUT2D eigenvalue weighted by molar-refractivity contribution is 5.68. The number of alkyl halides is 3. The van der Waals surface area contributed by atoms with Gasteiger partial charge in [-0.05, 0) is 23.8 Å². The zero-order valence-electron chi connectivity index (χ0n) is 9.40. The van der Waals surface area contributed by atoms with Gasteiger partial charge in [-0.3, -0.25) is 4.98 Å². The minimum absolute atomic E-state index is 0.147. The Balaban J connectivity index is 2.57. The van der Waals surface area contributed by atoms with Crippen molar-refractivity contribution in [2.45, 2.75) is 6.18 Å². The van der Waals surface area contributed by atoms with Crippen LogP contribution in [-0.4, -0.2) is 17.1 Å². The van der Waals surface area contributed by atoms with Gasteiger partial charge in [0.25, 0.3) is 0 Å². The number of aromatic nitrogens is 2. The van der Waals surface area contributed by atoms with Gasteiger partial charge in [-0.15, -0.1) is 0 Å². The third kappa shape index (κ3) is 2.42. The fourth-order valence-electron chi connectivity index (χ4n) is 1.51. The first kappa shape index (κ1) is 12.3. The van der Waals surface area contributed by atoms with Crippen molar-refractivity contribution in [1.29, 1.82) is 0 Å². The number of methoxy groups -OCH3 is 1. The second-order valence-electron chi connectivity index (χ2n) is 3.51. The van der Waals surface area contributed by atoms with Gasteiger partial charge < -0.3 is 4.74 Å². The van der Waals surface area contributed by atoms with Crippen molar-refractivity contribution in [1.82, 2.24) is 9.97 Å². The van der Waals surface area contributed by atoms with Crippen molar-refractivity contribution in [2.75, 3.05) is 7.11 Å². The van der Waals surface area contributed by atoms with Crippen molar-refractivity contribution in [3.8, 4) is 17.0 Å². The van der Waals surface area contributed by atoms with E-state index >= 15 is 0 Å². The summed E-state index contributed by atoms with van der Waals surface area (Å²) in [5.74, 6) is 0.147. The van der Waals surface area contributed by atoms with Gasteiger partial charge in [-0.2, -0.15) is 13.2 Å². The number of hydrogen-bond acceptors (Lipinski definition) is 3. The number of hydrogen-bond donors (Lipinski definition) is 0. The molecule has 0 aliphatic heterocycles. The van der Waals surface area contributed by atoms with Gasteiger partial charge >= 0.3 is 6.18 Å². The number of pyridine rings is 2. The molecule has 0 saturated heterocycles. The Bertz CT molecular complexity index is 541. The third-order valence-corrected chi connectivity index (χ3v) is 2.36. The molecule has 0 fully saturated rings. The van der Waals surface area contributed by atoms with Crippen LogP contribution < -0.4 is 4.74 Å². The summed E-state index contributed by atoms with van der Waals surface area (Å²) in [6.07, 6.45) is -0.686. The zero-order valence-corrected chi connectivity index (χ0v) is 9.40. The Morgan fingerprint density at radius 1 is 1.17 bits per heavy atom. The quantitative estimate of drug-likeness (QED) is 0.825. The summed E-state index contributed by atoms with van der Waals surface area (Å²) in [6.45, 7) is 0. The third-order valence-electron chi connectivity index (χ3n) is 2.36. The predicted molar refractivity (Wildman–Crippen MR) is 59.0 cm³/mol. The van der Waals surface area contributed by atoms with Crippen molar-refractivity contribution in [2.24, 2.45) is 0 Å². The number of ether oxygens (including phenoxy) is 1. The molecule has 0 radical (unpaired) electrons. The number of nitrogens with zero attached hydrogens (tertiary/aromatic N) is 2. The Kier molecular flexibility index (Phi) is 3.18. The fourth-order valence-corrected chi connectivity index (χ4v) is 1.51. The molecule has 0 spiro atoms. The molecule has 0 aliphatic rings. The molecule has 94 valence electrons. The molecule has 0 saturated carbocycles. The van der Waals surface area contributed by atoms with E-state index < -0.39 is 11.7 Å². The second-order valence-corrected chi connectivity index (χ2v) is 3.51. The molecule has 2 rings (SSSR count). The average molecular weight is 254 g/mol. The van der Waals surface area contributed by atoms with E-state index in [0.717, 1.165) is 12.3 Å². The molecule has 2 aromatic heterocycles. The Labute approximate surface area is 101 Å². The summed E-state index contributed by atoms with van der Waals surface area (Å²) < 4.78 is 42.8. The zero-order chi connectivity index (χ0) is 13.2. The molecular weight excluding hydrogens is 245 g/mol. The van der Waals surface area contributed by atoms with E-state index in [9.17, 15) is 13.2 Å². The van der Waals surface area contributed by atoms with E-state index in [4.69, 9.17) is 4.74 Å². The van der Waals surface area contributed by atoms with Gasteiger partial charge in [0.2, 0.25) is 5.88 Å². The highest BCUT2D eigenvalue weighted by atomic mass is 19.4. The van der Waals surface area contributed by atoms with E-state index in [-0.39, 0.29) is 11.4 Å². The van der Waals surface area contributed by atoms with Crippen LogP contribution in [0.1, 0.15) is 5.56 Å². The van der Waals surface area contributed by atoms with E-state index in [0.29, 0.717) is 5.56 Å². The molecular formula is C12H9F3N2O. The molecule has 0 aromatic carbocycles. The summed E-state index contributed by atoms with van der Waals surface area (Å²) in [5, 5.41) is 0. The molecule has 2 heterocycles. The van der Waals surface area contributed by atoms with Crippen LogP contribution in [0.4, 0.5) is 13.2 Å². The smallest absolute Gasteiger partial charge is 0.417 e. The minimum Gasteiger partial charge on any atom is -0.481 e. The Hall–Kier alpha value is -2.11. The molecule has 6 heteroatoms. The monoisotopic (exact) mass is 254 g/mol. The lowest BCUT2D eigenvalue weighted by atomic mass is 10.1. The molecule has 0 bridgehead atoms. The summed E-state index contributed by atoms with van der Waals surface area (Å²) in [4.78, 5) is 7.49. The fraction of sp³-hybridized carbons (Fsp3) is 0.167. The highest BCUT2D eigenvalue weighted by Gasteiger charge is 2.32. The average Bonchev–Trinajstić information content (AvgIpc) is 2.38. The highest BCUT2D eigenvalue weighted by Crippen LogP contribution is 2.35. The van der Waals surface area contributed by atoms with Crippen LogP contribution in [0.25, 0.3) is 11.1 Å². The standard InChI is InChI=1S/C12H9F3N2O/c1-18-11-10(8-2-4-16-5-3-8)6-9(7-17-11)12(13,14)15/h2-7H,1H3. The first-order chi connectivity index (χ1) is 8.52. The largest absolute Gasteiger partial charge is 0.481 e. The van der Waals surface area contributed by atoms with Crippen molar-refractivity contribution in [3.05, 3.63) is 42.4 Å². The maximum absolute atomic E-state index is 12.6. The van der Waals surface area contributed by atoms with E-state index in [1.165, 1.54) is 19.5 Å². The predicted octanol–water partition coefficient (Wildman–Crippen LogP) is 3.17. The van der Waals surface area contributed by atoms with Crippen molar-refractivity contribution in [3.63, 3.8) is 0 Å². The molecule has 2 aromatic rings. The molecule has 0 aliphatic carbocycles. The summed E-state index contributed by atoms with van der Waals surface area (Å²) in [5.41, 5.74) is 0.0466. The summed E-state index contributed by atoms with van der Waals surface area (Å²) >= 11 is 0. The van der Waals surface area contributed by atoms with Crippen LogP contribution in [0, 0.1) is 0 Å². The number of halogens is 3. The van der Waals surface area contributed by atoms with E-state index in [1.54, 1.807) is 12.1 Å². The van der Waals surface area contributed by atoms with Gasteiger partial charge in [0, 0.05) is 24.2 Å². The topological polar surface area (TPSA) is 35.0 Å².